The number of fused-ring (bicyclic) bond motifs is 1. The second-order valence-corrected chi connectivity index (χ2v) is 5.84. The molecule has 1 unspecified atom stereocenters. The Hall–Kier alpha value is -2.80. The van der Waals surface area contributed by atoms with E-state index in [9.17, 15) is 9.18 Å². The molecule has 0 saturated carbocycles. The monoisotopic (exact) mass is 343 g/mol. The van der Waals surface area contributed by atoms with E-state index in [1.165, 1.54) is 12.1 Å². The van der Waals surface area contributed by atoms with Crippen LogP contribution in [0.15, 0.2) is 34.9 Å². The van der Waals surface area contributed by atoms with Crippen molar-refractivity contribution in [2.24, 2.45) is 0 Å². The molecule has 0 aliphatic rings. The van der Waals surface area contributed by atoms with Crippen LogP contribution in [0.3, 0.4) is 0 Å². The lowest BCUT2D eigenvalue weighted by atomic mass is 10.0. The van der Waals surface area contributed by atoms with Crippen LogP contribution in [0.1, 0.15) is 23.0 Å². The number of methoxy groups -OCH3 is 1. The summed E-state index contributed by atoms with van der Waals surface area (Å²) < 4.78 is 23.4. The molecule has 7 heteroatoms. The first-order valence-electron chi connectivity index (χ1n) is 7.82. The smallest absolute Gasteiger partial charge is 0.259 e. The second kappa shape index (κ2) is 6.98. The average Bonchev–Trinajstić information content (AvgIpc) is 2.96. The Labute approximate surface area is 144 Å². The van der Waals surface area contributed by atoms with Gasteiger partial charge >= 0.3 is 0 Å². The van der Waals surface area contributed by atoms with Crippen LogP contribution in [0.25, 0.3) is 22.4 Å². The summed E-state index contributed by atoms with van der Waals surface area (Å²) in [6, 6.07) is 7.38. The zero-order chi connectivity index (χ0) is 18.0. The van der Waals surface area contributed by atoms with Crippen molar-refractivity contribution in [3.63, 3.8) is 0 Å². The minimum atomic E-state index is -0.341. The first kappa shape index (κ1) is 17.0. The van der Waals surface area contributed by atoms with Crippen LogP contribution in [0.4, 0.5) is 4.39 Å². The number of pyridine rings is 1. The number of aryl methyl sites for hydroxylation is 1. The minimum Gasteiger partial charge on any atom is -0.383 e. The van der Waals surface area contributed by atoms with Gasteiger partial charge in [-0.15, -0.1) is 0 Å². The van der Waals surface area contributed by atoms with Gasteiger partial charge in [0.05, 0.1) is 28.9 Å². The molecule has 0 fully saturated rings. The van der Waals surface area contributed by atoms with Crippen molar-refractivity contribution >= 4 is 17.0 Å². The highest BCUT2D eigenvalue weighted by atomic mass is 19.1. The van der Waals surface area contributed by atoms with Crippen LogP contribution in [-0.2, 0) is 4.74 Å². The van der Waals surface area contributed by atoms with E-state index < -0.39 is 0 Å². The Morgan fingerprint density at radius 1 is 1.36 bits per heavy atom. The van der Waals surface area contributed by atoms with Crippen LogP contribution in [-0.4, -0.2) is 35.8 Å². The van der Waals surface area contributed by atoms with E-state index in [-0.39, 0.29) is 23.5 Å². The number of carbonyl (C=O) groups excluding carboxylic acids is 1. The molecule has 2 aromatic heterocycles. The van der Waals surface area contributed by atoms with Crippen LogP contribution in [0.5, 0.6) is 0 Å². The maximum absolute atomic E-state index is 13.2. The number of rotatable bonds is 5. The molecule has 130 valence electrons. The van der Waals surface area contributed by atoms with Crippen molar-refractivity contribution in [3.8, 4) is 11.3 Å². The molecule has 2 heterocycles. The van der Waals surface area contributed by atoms with E-state index in [4.69, 9.17) is 9.26 Å². The molecule has 25 heavy (non-hydrogen) atoms. The van der Waals surface area contributed by atoms with Crippen molar-refractivity contribution < 1.29 is 18.4 Å². The molecule has 0 aliphatic carbocycles. The Kier molecular flexibility index (Phi) is 4.76. The lowest BCUT2D eigenvalue weighted by molar-refractivity contribution is 0.0907. The molecule has 0 aliphatic heterocycles. The van der Waals surface area contributed by atoms with E-state index in [2.05, 4.69) is 15.5 Å². The normalized spacial score (nSPS) is 12.3. The van der Waals surface area contributed by atoms with Crippen molar-refractivity contribution in [1.82, 2.24) is 15.5 Å². The maximum atomic E-state index is 13.2. The average molecular weight is 343 g/mol. The number of nitrogens with zero attached hydrogens (tertiary/aromatic N) is 2. The first-order chi connectivity index (χ1) is 12.0. The van der Waals surface area contributed by atoms with Gasteiger partial charge in [-0.25, -0.2) is 9.37 Å². The molecular formula is C18H18FN3O3. The number of ether oxygens (including phenoxy) is 1. The highest BCUT2D eigenvalue weighted by Gasteiger charge is 2.20. The number of aromatic nitrogens is 2. The zero-order valence-electron chi connectivity index (χ0n) is 14.2. The molecule has 0 radical (unpaired) electrons. The van der Waals surface area contributed by atoms with E-state index in [0.29, 0.717) is 34.5 Å². The zero-order valence-corrected chi connectivity index (χ0v) is 14.2. The summed E-state index contributed by atoms with van der Waals surface area (Å²) >= 11 is 0. The number of halogens is 1. The predicted molar refractivity (Wildman–Crippen MR) is 90.7 cm³/mol. The number of amides is 1. The van der Waals surface area contributed by atoms with E-state index in [1.807, 2.05) is 6.92 Å². The fourth-order valence-electron chi connectivity index (χ4n) is 2.64. The van der Waals surface area contributed by atoms with Gasteiger partial charge in [0.15, 0.2) is 0 Å². The third kappa shape index (κ3) is 3.51. The highest BCUT2D eigenvalue weighted by molar-refractivity contribution is 6.07. The lowest BCUT2D eigenvalue weighted by Gasteiger charge is -2.13. The van der Waals surface area contributed by atoms with Gasteiger partial charge in [-0.05, 0) is 44.2 Å². The summed E-state index contributed by atoms with van der Waals surface area (Å²) in [5.74, 6) is -0.613. The van der Waals surface area contributed by atoms with E-state index in [0.717, 1.165) is 0 Å². The third-order valence-electron chi connectivity index (χ3n) is 3.80. The summed E-state index contributed by atoms with van der Waals surface area (Å²) in [7, 11) is 1.57. The highest BCUT2D eigenvalue weighted by Crippen LogP contribution is 2.27. The van der Waals surface area contributed by atoms with E-state index in [1.54, 1.807) is 32.2 Å². The number of carbonyl (C=O) groups is 1. The molecule has 0 bridgehead atoms. The summed E-state index contributed by atoms with van der Waals surface area (Å²) in [4.78, 5) is 17.1. The summed E-state index contributed by atoms with van der Waals surface area (Å²) in [6.07, 6.45) is 0. The van der Waals surface area contributed by atoms with Crippen molar-refractivity contribution in [2.45, 2.75) is 19.9 Å². The van der Waals surface area contributed by atoms with Crippen LogP contribution < -0.4 is 5.32 Å². The molecule has 6 nitrogen and oxygen atoms in total. The van der Waals surface area contributed by atoms with Gasteiger partial charge in [-0.2, -0.15) is 0 Å². The van der Waals surface area contributed by atoms with Crippen LogP contribution in [0.2, 0.25) is 0 Å². The Morgan fingerprint density at radius 2 is 2.08 bits per heavy atom. The SMILES string of the molecule is COCC(C)NC(=O)c1cc(-c2ccc(F)cc2)nc2onc(C)c12. The fraction of sp³-hybridized carbons (Fsp3) is 0.278. The van der Waals surface area contributed by atoms with Gasteiger partial charge in [0.25, 0.3) is 11.6 Å². The largest absolute Gasteiger partial charge is 0.383 e. The van der Waals surface area contributed by atoms with Gasteiger partial charge in [-0.1, -0.05) is 5.16 Å². The van der Waals surface area contributed by atoms with E-state index >= 15 is 0 Å². The summed E-state index contributed by atoms with van der Waals surface area (Å²) in [5, 5.41) is 7.34. The van der Waals surface area contributed by atoms with Gasteiger partial charge in [-0.3, -0.25) is 4.79 Å². The van der Waals surface area contributed by atoms with Gasteiger partial charge in [0.1, 0.15) is 5.82 Å². The Bertz CT molecular complexity index is 906. The van der Waals surface area contributed by atoms with Gasteiger partial charge in [0, 0.05) is 18.7 Å². The third-order valence-corrected chi connectivity index (χ3v) is 3.80. The number of hydrogen-bond acceptors (Lipinski definition) is 5. The summed E-state index contributed by atoms with van der Waals surface area (Å²) in [5.41, 5.74) is 2.44. The molecule has 0 spiro atoms. The predicted octanol–water partition coefficient (Wildman–Crippen LogP) is 3.10. The lowest BCUT2D eigenvalue weighted by Crippen LogP contribution is -2.35. The standard InChI is InChI=1S/C18H18FN3O3/c1-10(9-24-3)20-17(23)14-8-15(12-4-6-13(19)7-5-12)21-18-16(14)11(2)22-25-18/h4-8,10H,9H2,1-3H3,(H,20,23). The first-order valence-corrected chi connectivity index (χ1v) is 7.82. The number of benzene rings is 1. The number of nitrogens with one attached hydrogen (secondary N) is 1. The topological polar surface area (TPSA) is 77.2 Å². The van der Waals surface area contributed by atoms with Gasteiger partial charge in [0.2, 0.25) is 0 Å². The molecule has 3 rings (SSSR count). The molecule has 0 saturated heterocycles. The Morgan fingerprint density at radius 3 is 2.76 bits per heavy atom. The van der Waals surface area contributed by atoms with Crippen molar-refractivity contribution in [3.05, 3.63) is 47.4 Å². The number of hydrogen-bond donors (Lipinski definition) is 1. The summed E-state index contributed by atoms with van der Waals surface area (Å²) in [6.45, 7) is 4.00. The fourth-order valence-corrected chi connectivity index (χ4v) is 2.64. The quantitative estimate of drug-likeness (QED) is 0.770. The Balaban J connectivity index is 2.07. The molecule has 3 aromatic rings. The van der Waals surface area contributed by atoms with Crippen molar-refractivity contribution in [2.75, 3.05) is 13.7 Å². The molecule has 1 atom stereocenters. The molecule has 1 aromatic carbocycles. The minimum absolute atomic E-state index is 0.157. The van der Waals surface area contributed by atoms with Gasteiger partial charge < -0.3 is 14.6 Å². The molecular weight excluding hydrogens is 325 g/mol. The molecule has 1 N–H and O–H groups in total. The second-order valence-electron chi connectivity index (χ2n) is 5.84. The van der Waals surface area contributed by atoms with Crippen molar-refractivity contribution in [1.29, 1.82) is 0 Å². The molecule has 1 amide bonds. The van der Waals surface area contributed by atoms with Crippen LogP contribution in [0, 0.1) is 12.7 Å². The maximum Gasteiger partial charge on any atom is 0.259 e. The van der Waals surface area contributed by atoms with Crippen LogP contribution >= 0.6 is 0 Å².